The van der Waals surface area contributed by atoms with Crippen molar-refractivity contribution in [3.05, 3.63) is 0 Å². The third kappa shape index (κ3) is 4.04. The second-order valence-corrected chi connectivity index (χ2v) is 13.8. The molecule has 0 aliphatic carbocycles. The fourth-order valence-electron chi connectivity index (χ4n) is 1.44. The van der Waals surface area contributed by atoms with Crippen molar-refractivity contribution >= 4 is 13.3 Å². The Bertz CT molecular complexity index is 189. The molecule has 0 aliphatic heterocycles. The van der Waals surface area contributed by atoms with E-state index in [0.717, 1.165) is 0 Å². The summed E-state index contributed by atoms with van der Waals surface area (Å²) in [7, 11) is 3.25. The van der Waals surface area contributed by atoms with Gasteiger partial charge in [0, 0.05) is 0 Å². The molecule has 0 heterocycles. The molecular weight excluding hydrogens is 237 g/mol. The first-order valence-corrected chi connectivity index (χ1v) is 10.8. The van der Waals surface area contributed by atoms with E-state index >= 15 is 0 Å². The van der Waals surface area contributed by atoms with Crippen LogP contribution in [-0.2, 0) is 9.47 Å². The van der Waals surface area contributed by atoms with Gasteiger partial charge in [-0.25, -0.2) is 0 Å². The molecule has 2 nitrogen and oxygen atoms in total. The Morgan fingerprint density at radius 3 is 1.71 bits per heavy atom. The van der Waals surface area contributed by atoms with Crippen LogP contribution in [0.25, 0.3) is 0 Å². The van der Waals surface area contributed by atoms with Crippen molar-refractivity contribution in [1.82, 2.24) is 0 Å². The van der Waals surface area contributed by atoms with Crippen molar-refractivity contribution < 1.29 is 9.47 Å². The second-order valence-electron chi connectivity index (χ2n) is 3.41. The standard InChI is InChI=1S/C11H22GeO2/c1-6-12(7-2,8-3)10-9-11(13-4)14-5/h11H,6-8H2,1-5H3. The summed E-state index contributed by atoms with van der Waals surface area (Å²) in [5, 5.41) is 3.79. The second kappa shape index (κ2) is 7.33. The maximum atomic E-state index is 5.06. The zero-order valence-corrected chi connectivity index (χ0v) is 12.1. The van der Waals surface area contributed by atoms with Gasteiger partial charge in [0.1, 0.15) is 0 Å². The molecule has 0 amide bonds. The summed E-state index contributed by atoms with van der Waals surface area (Å²) in [6.45, 7) is 6.78. The summed E-state index contributed by atoms with van der Waals surface area (Å²) >= 11 is -1.85. The van der Waals surface area contributed by atoms with E-state index in [2.05, 4.69) is 31.4 Å². The molecule has 0 unspecified atom stereocenters. The van der Waals surface area contributed by atoms with Crippen LogP contribution in [-0.4, -0.2) is 33.8 Å². The van der Waals surface area contributed by atoms with Crippen molar-refractivity contribution in [1.29, 1.82) is 0 Å². The average Bonchev–Trinajstić information content (AvgIpc) is 2.26. The van der Waals surface area contributed by atoms with Crippen LogP contribution in [0.15, 0.2) is 0 Å². The first-order valence-electron chi connectivity index (χ1n) is 5.26. The van der Waals surface area contributed by atoms with Crippen molar-refractivity contribution in [3.63, 3.8) is 0 Å². The van der Waals surface area contributed by atoms with Crippen molar-refractivity contribution in [3.8, 4) is 10.7 Å². The minimum absolute atomic E-state index is 0.343. The summed E-state index contributed by atoms with van der Waals surface area (Å²) in [5.74, 6) is 3.10. The zero-order valence-electron chi connectivity index (χ0n) is 10.0. The van der Waals surface area contributed by atoms with E-state index in [1.807, 2.05) is 0 Å². The van der Waals surface area contributed by atoms with Gasteiger partial charge in [0.05, 0.1) is 0 Å². The normalized spacial score (nSPS) is 11.3. The van der Waals surface area contributed by atoms with E-state index < -0.39 is 13.3 Å². The van der Waals surface area contributed by atoms with Crippen LogP contribution in [0.3, 0.4) is 0 Å². The molecule has 82 valence electrons. The van der Waals surface area contributed by atoms with Gasteiger partial charge in [-0.2, -0.15) is 0 Å². The summed E-state index contributed by atoms with van der Waals surface area (Å²) in [5.41, 5.74) is 0. The molecule has 3 heteroatoms. The molecule has 14 heavy (non-hydrogen) atoms. The van der Waals surface area contributed by atoms with Gasteiger partial charge in [0.2, 0.25) is 0 Å². The Morgan fingerprint density at radius 1 is 1.00 bits per heavy atom. The third-order valence-electron chi connectivity index (χ3n) is 2.91. The van der Waals surface area contributed by atoms with Crippen LogP contribution in [0, 0.1) is 10.7 Å². The zero-order chi connectivity index (χ0) is 11.0. The van der Waals surface area contributed by atoms with Crippen molar-refractivity contribution in [2.24, 2.45) is 0 Å². The van der Waals surface area contributed by atoms with Crippen LogP contribution < -0.4 is 0 Å². The molecule has 0 saturated heterocycles. The fourth-order valence-corrected chi connectivity index (χ4v) is 6.59. The van der Waals surface area contributed by atoms with Crippen LogP contribution in [0.5, 0.6) is 0 Å². The molecule has 0 bridgehead atoms. The molecule has 0 aromatic carbocycles. The number of methoxy groups -OCH3 is 2. The Labute approximate surface area is 90.7 Å². The van der Waals surface area contributed by atoms with Gasteiger partial charge in [-0.3, -0.25) is 0 Å². The Morgan fingerprint density at radius 2 is 1.43 bits per heavy atom. The molecule has 0 atom stereocenters. The fraction of sp³-hybridized carbons (Fsp3) is 0.818. The van der Waals surface area contributed by atoms with Crippen LogP contribution in [0.1, 0.15) is 20.8 Å². The monoisotopic (exact) mass is 260 g/mol. The topological polar surface area (TPSA) is 18.5 Å². The van der Waals surface area contributed by atoms with Gasteiger partial charge in [0.25, 0.3) is 0 Å². The van der Waals surface area contributed by atoms with Gasteiger partial charge in [-0.1, -0.05) is 0 Å². The number of hydrogen-bond acceptors (Lipinski definition) is 2. The average molecular weight is 259 g/mol. The predicted molar refractivity (Wildman–Crippen MR) is 62.8 cm³/mol. The summed E-state index contributed by atoms with van der Waals surface area (Å²) in [6.07, 6.45) is -0.343. The molecule has 0 rings (SSSR count). The number of rotatable bonds is 5. The number of ether oxygens (including phenoxy) is 2. The molecule has 0 N–H and O–H groups in total. The third-order valence-corrected chi connectivity index (χ3v) is 12.8. The molecular formula is C11H22GeO2. The van der Waals surface area contributed by atoms with Gasteiger partial charge in [0.15, 0.2) is 0 Å². The molecule has 0 spiro atoms. The van der Waals surface area contributed by atoms with Gasteiger partial charge in [-0.15, -0.1) is 0 Å². The van der Waals surface area contributed by atoms with E-state index in [9.17, 15) is 0 Å². The van der Waals surface area contributed by atoms with Gasteiger partial charge < -0.3 is 0 Å². The van der Waals surface area contributed by atoms with Crippen LogP contribution >= 0.6 is 0 Å². The van der Waals surface area contributed by atoms with E-state index in [-0.39, 0.29) is 6.29 Å². The quantitative estimate of drug-likeness (QED) is 0.429. The van der Waals surface area contributed by atoms with Crippen molar-refractivity contribution in [2.45, 2.75) is 42.8 Å². The first kappa shape index (κ1) is 14.0. The molecule has 0 aliphatic rings. The maximum absolute atomic E-state index is 5.06. The van der Waals surface area contributed by atoms with Gasteiger partial charge >= 0.3 is 90.5 Å². The van der Waals surface area contributed by atoms with E-state index in [0.29, 0.717) is 0 Å². The summed E-state index contributed by atoms with van der Waals surface area (Å²) in [6, 6.07) is 0. The first-order chi connectivity index (χ1) is 6.67. The summed E-state index contributed by atoms with van der Waals surface area (Å²) in [4.78, 5) is 0. The Kier molecular flexibility index (Phi) is 7.34. The van der Waals surface area contributed by atoms with Crippen LogP contribution in [0.4, 0.5) is 0 Å². The Balaban J connectivity index is 4.54. The molecule has 0 aromatic heterocycles. The van der Waals surface area contributed by atoms with Gasteiger partial charge in [-0.05, 0) is 0 Å². The van der Waals surface area contributed by atoms with Crippen molar-refractivity contribution in [2.75, 3.05) is 14.2 Å². The van der Waals surface area contributed by atoms with E-state index in [1.165, 1.54) is 15.8 Å². The SMILES string of the molecule is C[CH2][Ge]([C]#CC(OC)OC)([CH2]C)[CH2]C. The van der Waals surface area contributed by atoms with E-state index in [1.54, 1.807) is 14.2 Å². The molecule has 0 radical (unpaired) electrons. The molecule has 0 aromatic rings. The Hall–Kier alpha value is 0.0229. The number of hydrogen-bond donors (Lipinski definition) is 0. The predicted octanol–water partition coefficient (Wildman–Crippen LogP) is 2.66. The molecule has 0 fully saturated rings. The van der Waals surface area contributed by atoms with E-state index in [4.69, 9.17) is 9.47 Å². The molecule has 0 saturated carbocycles. The van der Waals surface area contributed by atoms with Crippen LogP contribution in [0.2, 0.25) is 15.8 Å². The minimum atomic E-state index is -1.85. The summed E-state index contributed by atoms with van der Waals surface area (Å²) < 4.78 is 13.6.